The Hall–Kier alpha value is -9.52. The van der Waals surface area contributed by atoms with E-state index in [1.165, 1.54) is 44.5 Å². The molecule has 2 aliphatic heterocycles. The van der Waals surface area contributed by atoms with Crippen molar-refractivity contribution in [2.24, 2.45) is 9.98 Å². The summed E-state index contributed by atoms with van der Waals surface area (Å²) in [6, 6.07) is 85.8. The van der Waals surface area contributed by atoms with E-state index in [9.17, 15) is 0 Å². The Labute approximate surface area is 443 Å². The van der Waals surface area contributed by atoms with Gasteiger partial charge in [-0.15, -0.1) is 0 Å². The van der Waals surface area contributed by atoms with Crippen LogP contribution in [0.5, 0.6) is 0 Å². The number of aliphatic imine (C=N–C) groups is 2. The summed E-state index contributed by atoms with van der Waals surface area (Å²) in [7, 11) is 0. The van der Waals surface area contributed by atoms with E-state index in [-0.39, 0.29) is 12.1 Å². The van der Waals surface area contributed by atoms with E-state index < -0.39 is 0 Å². The monoisotopic (exact) mass is 976 g/mol. The lowest BCUT2D eigenvalue weighted by molar-refractivity contribution is 0.732. The zero-order valence-corrected chi connectivity index (χ0v) is 41.9. The Bertz CT molecular complexity index is 3700. The molecule has 0 saturated heterocycles. The minimum Gasteiger partial charge on any atom is -0.338 e. The van der Waals surface area contributed by atoms with Crippen molar-refractivity contribution in [3.8, 4) is 55.9 Å². The Kier molecular flexibility index (Phi) is 11.5. The number of hydrogen-bond donors (Lipinski definition) is 2. The van der Waals surface area contributed by atoms with Crippen LogP contribution < -0.4 is 10.6 Å². The first-order chi connectivity index (χ1) is 37.7. The molecule has 0 spiro atoms. The molecule has 76 heavy (non-hydrogen) atoms. The molecule has 8 aromatic carbocycles. The molecular formula is C70H52N6. The first-order valence-corrected chi connectivity index (χ1v) is 26.4. The fraction of sp³-hybridized carbons (Fsp3) is 0.0857. The molecule has 4 heterocycles. The predicted octanol–water partition coefficient (Wildman–Crippen LogP) is 15.7. The maximum atomic E-state index is 5.60. The van der Waals surface area contributed by atoms with E-state index in [0.29, 0.717) is 0 Å². The normalized spacial score (nSPS) is 16.5. The fourth-order valence-electron chi connectivity index (χ4n) is 11.8. The third kappa shape index (κ3) is 8.34. The molecule has 2 atom stereocenters. The van der Waals surface area contributed by atoms with Gasteiger partial charge in [-0.3, -0.25) is 9.98 Å². The summed E-state index contributed by atoms with van der Waals surface area (Å²) in [5.41, 5.74) is 24.7. The lowest BCUT2D eigenvalue weighted by Gasteiger charge is -2.34. The molecule has 0 saturated carbocycles. The summed E-state index contributed by atoms with van der Waals surface area (Å²) >= 11 is 0. The van der Waals surface area contributed by atoms with Crippen molar-refractivity contribution in [1.82, 2.24) is 20.6 Å². The largest absolute Gasteiger partial charge is 0.338 e. The number of nitrogens with one attached hydrogen (secondary N) is 2. The van der Waals surface area contributed by atoms with Gasteiger partial charge in [0.1, 0.15) is 23.8 Å². The molecule has 0 amide bonds. The van der Waals surface area contributed by atoms with Gasteiger partial charge in [-0.1, -0.05) is 218 Å². The second kappa shape index (κ2) is 19.4. The van der Waals surface area contributed by atoms with Gasteiger partial charge in [-0.25, -0.2) is 9.97 Å². The van der Waals surface area contributed by atoms with Crippen LogP contribution in [0.2, 0.25) is 0 Å². The number of fused-ring (bicyclic) bond motifs is 4. The first kappa shape index (κ1) is 45.1. The molecule has 6 nitrogen and oxygen atoms in total. The van der Waals surface area contributed by atoms with Gasteiger partial charge in [-0.2, -0.15) is 0 Å². The highest BCUT2D eigenvalue weighted by molar-refractivity contribution is 6.07. The number of amidine groups is 2. The third-order valence-electron chi connectivity index (χ3n) is 15.5. The zero-order valence-electron chi connectivity index (χ0n) is 41.9. The maximum Gasteiger partial charge on any atom is 0.133 e. The van der Waals surface area contributed by atoms with Crippen LogP contribution in [0.4, 0.5) is 0 Å². The second-order valence-electron chi connectivity index (χ2n) is 20.0. The SMILES string of the molecule is c1ccc(C2=NC(c3cccc(-c4cccc(C5N=C(c6ccccc6)NC6=C5CCc5c(-c7ccccc7)cc(-c7ccccc7)nc56)c4)c3)C3=C(N2)c2nc(-c4ccccc4)cc(-c4ccccc4)c2CC3)cc1. The minimum absolute atomic E-state index is 0.225. The Morgan fingerprint density at radius 2 is 0.632 bits per heavy atom. The van der Waals surface area contributed by atoms with Crippen LogP contribution in [0.15, 0.2) is 264 Å². The predicted molar refractivity (Wildman–Crippen MR) is 310 cm³/mol. The summed E-state index contributed by atoms with van der Waals surface area (Å²) in [6.45, 7) is 0. The van der Waals surface area contributed by atoms with Crippen LogP contribution in [0.1, 0.15) is 69.7 Å². The van der Waals surface area contributed by atoms with Gasteiger partial charge in [0, 0.05) is 22.3 Å². The number of benzene rings is 8. The second-order valence-corrected chi connectivity index (χ2v) is 20.0. The molecule has 0 radical (unpaired) electrons. The molecule has 2 unspecified atom stereocenters. The molecule has 2 aromatic heterocycles. The van der Waals surface area contributed by atoms with Gasteiger partial charge in [0.25, 0.3) is 0 Å². The van der Waals surface area contributed by atoms with Crippen LogP contribution in [0.25, 0.3) is 67.3 Å². The van der Waals surface area contributed by atoms with Gasteiger partial charge in [0.2, 0.25) is 0 Å². The molecular weight excluding hydrogens is 925 g/mol. The average molecular weight is 977 g/mol. The quantitative estimate of drug-likeness (QED) is 0.151. The van der Waals surface area contributed by atoms with E-state index in [1.807, 2.05) is 0 Å². The highest BCUT2D eigenvalue weighted by Gasteiger charge is 2.36. The number of nitrogens with zero attached hydrogens (tertiary/aromatic N) is 4. The molecule has 6 heteroatoms. The topological polar surface area (TPSA) is 74.6 Å². The Morgan fingerprint density at radius 3 is 1.00 bits per heavy atom. The number of aromatic nitrogens is 2. The fourth-order valence-corrected chi connectivity index (χ4v) is 11.8. The maximum absolute atomic E-state index is 5.60. The first-order valence-electron chi connectivity index (χ1n) is 26.4. The van der Waals surface area contributed by atoms with Gasteiger partial charge < -0.3 is 10.6 Å². The van der Waals surface area contributed by atoms with E-state index in [2.05, 4.69) is 253 Å². The van der Waals surface area contributed by atoms with Crippen LogP contribution >= 0.6 is 0 Å². The van der Waals surface area contributed by atoms with Crippen LogP contribution in [0.3, 0.4) is 0 Å². The highest BCUT2D eigenvalue weighted by Crippen LogP contribution is 2.47. The summed E-state index contributed by atoms with van der Waals surface area (Å²) < 4.78 is 0. The van der Waals surface area contributed by atoms with Crippen LogP contribution in [-0.4, -0.2) is 21.6 Å². The van der Waals surface area contributed by atoms with Crippen molar-refractivity contribution < 1.29 is 0 Å². The van der Waals surface area contributed by atoms with Crippen molar-refractivity contribution in [1.29, 1.82) is 0 Å². The Morgan fingerprint density at radius 1 is 0.303 bits per heavy atom. The van der Waals surface area contributed by atoms with Gasteiger partial charge in [0.15, 0.2) is 0 Å². The van der Waals surface area contributed by atoms with Crippen LogP contribution in [0, 0.1) is 0 Å². The number of rotatable bonds is 9. The number of hydrogen-bond acceptors (Lipinski definition) is 6. The summed E-state index contributed by atoms with van der Waals surface area (Å²) in [5.74, 6) is 1.69. The van der Waals surface area contributed by atoms with Crippen molar-refractivity contribution in [3.05, 3.63) is 299 Å². The van der Waals surface area contributed by atoms with E-state index in [1.54, 1.807) is 0 Å². The molecule has 4 aliphatic rings. The molecule has 14 rings (SSSR count). The summed E-state index contributed by atoms with van der Waals surface area (Å²) in [4.78, 5) is 22.3. The van der Waals surface area contributed by atoms with Crippen molar-refractivity contribution >= 4 is 23.1 Å². The summed E-state index contributed by atoms with van der Waals surface area (Å²) in [5, 5.41) is 7.77. The number of pyridine rings is 2. The van der Waals surface area contributed by atoms with Gasteiger partial charge in [-0.05, 0) is 117 Å². The minimum atomic E-state index is -0.225. The molecule has 0 fully saturated rings. The van der Waals surface area contributed by atoms with Crippen molar-refractivity contribution in [3.63, 3.8) is 0 Å². The zero-order chi connectivity index (χ0) is 50.4. The Balaban J connectivity index is 0.886. The van der Waals surface area contributed by atoms with Crippen molar-refractivity contribution in [2.45, 2.75) is 37.8 Å². The lowest BCUT2D eigenvalue weighted by Crippen LogP contribution is -2.33. The molecule has 362 valence electrons. The molecule has 0 bridgehead atoms. The van der Waals surface area contributed by atoms with E-state index >= 15 is 0 Å². The molecule has 2 N–H and O–H groups in total. The van der Waals surface area contributed by atoms with Gasteiger partial charge >= 0.3 is 0 Å². The van der Waals surface area contributed by atoms with E-state index in [0.717, 1.165) is 116 Å². The lowest BCUT2D eigenvalue weighted by atomic mass is 9.81. The third-order valence-corrected chi connectivity index (χ3v) is 15.5. The van der Waals surface area contributed by atoms with Crippen molar-refractivity contribution in [2.75, 3.05) is 0 Å². The standard InChI is InChI=1S/C70H52N6/c1-7-21-45(22-8-1)59-43-61(47-25-11-3-12-26-47)71-65-55(59)37-39-57-63(73-69(75-67(57)65)49-29-15-5-16-30-49)53-35-19-33-51(41-53)52-34-20-36-54(42-52)64-58-40-38-56-60(46-23-9-2-10-24-46)44-62(48-27-13-4-14-28-48)72-66(56)68(58)76-70(74-64)50-31-17-6-18-32-50/h1-36,41-44,63-64H,37-40H2,(H,73,75)(H,74,76). The molecule has 2 aliphatic carbocycles. The smallest absolute Gasteiger partial charge is 0.133 e. The van der Waals surface area contributed by atoms with Gasteiger partial charge in [0.05, 0.1) is 34.2 Å². The molecule has 10 aromatic rings. The summed E-state index contributed by atoms with van der Waals surface area (Å²) in [6.07, 6.45) is 3.42. The highest BCUT2D eigenvalue weighted by atomic mass is 15.1. The van der Waals surface area contributed by atoms with E-state index in [4.69, 9.17) is 20.0 Å². The average Bonchev–Trinajstić information content (AvgIpc) is 3.53. The van der Waals surface area contributed by atoms with Crippen LogP contribution in [-0.2, 0) is 12.8 Å².